The number of nitrogens with zero attached hydrogens (tertiary/aromatic N) is 2. The molecular formula is C12H19N3O3. The second-order valence-corrected chi connectivity index (χ2v) is 3.75. The molecular weight excluding hydrogens is 234 g/mol. The Hall–Kier alpha value is -1.69. The van der Waals surface area contributed by atoms with Gasteiger partial charge < -0.3 is 15.2 Å². The zero-order valence-corrected chi connectivity index (χ0v) is 11.2. The van der Waals surface area contributed by atoms with E-state index in [2.05, 4.69) is 9.97 Å². The number of anilines is 1. The molecule has 0 bridgehead atoms. The predicted molar refractivity (Wildman–Crippen MR) is 67.2 cm³/mol. The molecule has 0 aliphatic heterocycles. The molecule has 0 aliphatic rings. The second-order valence-electron chi connectivity index (χ2n) is 3.75. The second kappa shape index (κ2) is 6.30. The first-order valence-electron chi connectivity index (χ1n) is 5.93. The number of carbonyl (C=O) groups excluding carboxylic acids is 1. The normalized spacial score (nSPS) is 12.2. The van der Waals surface area contributed by atoms with Gasteiger partial charge in [0.1, 0.15) is 17.5 Å². The first kappa shape index (κ1) is 14.4. The molecule has 1 rings (SSSR count). The smallest absolute Gasteiger partial charge is 0.343 e. The Kier molecular flexibility index (Phi) is 5.03. The van der Waals surface area contributed by atoms with Crippen LogP contribution in [-0.4, -0.2) is 29.2 Å². The summed E-state index contributed by atoms with van der Waals surface area (Å²) in [6.45, 7) is 8.00. The monoisotopic (exact) mass is 253 g/mol. The van der Waals surface area contributed by atoms with Crippen LogP contribution in [0.25, 0.3) is 0 Å². The Bertz CT molecular complexity index is 412. The maximum absolute atomic E-state index is 11.7. The van der Waals surface area contributed by atoms with Crippen molar-refractivity contribution in [3.8, 4) is 0 Å². The van der Waals surface area contributed by atoms with Crippen LogP contribution >= 0.6 is 0 Å². The number of hydrogen-bond acceptors (Lipinski definition) is 6. The standard InChI is InChI=1S/C12H19N3O3/c1-5-17-8(4)11-14-7(3)9(10(13)15-11)12(16)18-6-2/h8H,5-6H2,1-4H3,(H2,13,14,15). The van der Waals surface area contributed by atoms with E-state index in [-0.39, 0.29) is 24.1 Å². The van der Waals surface area contributed by atoms with E-state index < -0.39 is 5.97 Å². The summed E-state index contributed by atoms with van der Waals surface area (Å²) in [5, 5.41) is 0. The van der Waals surface area contributed by atoms with Crippen molar-refractivity contribution >= 4 is 11.8 Å². The molecule has 1 unspecified atom stereocenters. The maximum atomic E-state index is 11.7. The Morgan fingerprint density at radius 1 is 1.33 bits per heavy atom. The molecule has 0 fully saturated rings. The summed E-state index contributed by atoms with van der Waals surface area (Å²) in [4.78, 5) is 20.0. The molecule has 2 N–H and O–H groups in total. The van der Waals surface area contributed by atoms with Crippen LogP contribution in [0.4, 0.5) is 5.82 Å². The summed E-state index contributed by atoms with van der Waals surface area (Å²) in [5.41, 5.74) is 6.51. The molecule has 0 saturated heterocycles. The molecule has 0 spiro atoms. The highest BCUT2D eigenvalue weighted by molar-refractivity contribution is 5.95. The van der Waals surface area contributed by atoms with E-state index in [1.54, 1.807) is 13.8 Å². The summed E-state index contributed by atoms with van der Waals surface area (Å²) in [7, 11) is 0. The minimum absolute atomic E-state index is 0.127. The number of rotatable bonds is 5. The quantitative estimate of drug-likeness (QED) is 0.803. The maximum Gasteiger partial charge on any atom is 0.343 e. The van der Waals surface area contributed by atoms with Gasteiger partial charge in [-0.1, -0.05) is 0 Å². The highest BCUT2D eigenvalue weighted by atomic mass is 16.5. The summed E-state index contributed by atoms with van der Waals surface area (Å²) >= 11 is 0. The van der Waals surface area contributed by atoms with Gasteiger partial charge in [-0.2, -0.15) is 0 Å². The van der Waals surface area contributed by atoms with Crippen LogP contribution in [0, 0.1) is 6.92 Å². The third kappa shape index (κ3) is 3.16. The summed E-state index contributed by atoms with van der Waals surface area (Å²) in [6.07, 6.45) is -0.257. The minimum Gasteiger partial charge on any atom is -0.462 e. The van der Waals surface area contributed by atoms with E-state index in [0.29, 0.717) is 18.1 Å². The van der Waals surface area contributed by atoms with Crippen LogP contribution in [0.5, 0.6) is 0 Å². The van der Waals surface area contributed by atoms with E-state index in [1.165, 1.54) is 0 Å². The molecule has 0 radical (unpaired) electrons. The number of hydrogen-bond donors (Lipinski definition) is 1. The van der Waals surface area contributed by atoms with Crippen LogP contribution in [0.3, 0.4) is 0 Å². The van der Waals surface area contributed by atoms with Crippen LogP contribution in [0.2, 0.25) is 0 Å². The highest BCUT2D eigenvalue weighted by Crippen LogP contribution is 2.19. The predicted octanol–water partition coefficient (Wildman–Crippen LogP) is 1.64. The number of aromatic nitrogens is 2. The van der Waals surface area contributed by atoms with E-state index in [1.807, 2.05) is 13.8 Å². The Labute approximate surface area is 107 Å². The van der Waals surface area contributed by atoms with Gasteiger partial charge in [-0.05, 0) is 27.7 Å². The molecule has 1 aromatic rings. The van der Waals surface area contributed by atoms with Crippen molar-refractivity contribution in [2.45, 2.75) is 33.8 Å². The van der Waals surface area contributed by atoms with Gasteiger partial charge >= 0.3 is 5.97 Å². The van der Waals surface area contributed by atoms with E-state index >= 15 is 0 Å². The molecule has 0 aliphatic carbocycles. The van der Waals surface area contributed by atoms with Gasteiger partial charge in [0.15, 0.2) is 5.82 Å². The largest absolute Gasteiger partial charge is 0.462 e. The van der Waals surface area contributed by atoms with Gasteiger partial charge in [0, 0.05) is 6.61 Å². The summed E-state index contributed by atoms with van der Waals surface area (Å²) < 4.78 is 10.3. The van der Waals surface area contributed by atoms with E-state index in [4.69, 9.17) is 15.2 Å². The Morgan fingerprint density at radius 3 is 2.50 bits per heavy atom. The van der Waals surface area contributed by atoms with Gasteiger partial charge in [0.2, 0.25) is 0 Å². The zero-order valence-electron chi connectivity index (χ0n) is 11.2. The average Bonchev–Trinajstić information content (AvgIpc) is 2.28. The van der Waals surface area contributed by atoms with E-state index in [0.717, 1.165) is 0 Å². The molecule has 0 amide bonds. The van der Waals surface area contributed by atoms with Gasteiger partial charge in [-0.15, -0.1) is 0 Å². The zero-order chi connectivity index (χ0) is 13.7. The van der Waals surface area contributed by atoms with E-state index in [9.17, 15) is 4.79 Å². The van der Waals surface area contributed by atoms with Crippen molar-refractivity contribution in [3.05, 3.63) is 17.1 Å². The minimum atomic E-state index is -0.497. The fourth-order valence-corrected chi connectivity index (χ4v) is 1.58. The van der Waals surface area contributed by atoms with Crippen molar-refractivity contribution in [1.82, 2.24) is 9.97 Å². The summed E-state index contributed by atoms with van der Waals surface area (Å²) in [5.74, 6) is 0.102. The third-order valence-corrected chi connectivity index (χ3v) is 2.40. The number of esters is 1. The lowest BCUT2D eigenvalue weighted by Crippen LogP contribution is -2.16. The summed E-state index contributed by atoms with van der Waals surface area (Å²) in [6, 6.07) is 0. The lowest BCUT2D eigenvalue weighted by Gasteiger charge is -2.13. The van der Waals surface area contributed by atoms with Crippen molar-refractivity contribution in [2.24, 2.45) is 0 Å². The van der Waals surface area contributed by atoms with Crippen molar-refractivity contribution in [2.75, 3.05) is 18.9 Å². The van der Waals surface area contributed by atoms with Crippen molar-refractivity contribution in [1.29, 1.82) is 0 Å². The molecule has 18 heavy (non-hydrogen) atoms. The molecule has 6 heteroatoms. The van der Waals surface area contributed by atoms with Gasteiger partial charge in [-0.25, -0.2) is 14.8 Å². The van der Waals surface area contributed by atoms with Crippen LogP contribution in [0.1, 0.15) is 48.8 Å². The molecule has 1 heterocycles. The van der Waals surface area contributed by atoms with Crippen LogP contribution in [-0.2, 0) is 9.47 Å². The number of ether oxygens (including phenoxy) is 2. The average molecular weight is 253 g/mol. The topological polar surface area (TPSA) is 87.3 Å². The van der Waals surface area contributed by atoms with Gasteiger partial charge in [0.05, 0.1) is 12.3 Å². The van der Waals surface area contributed by atoms with Crippen molar-refractivity contribution in [3.63, 3.8) is 0 Å². The van der Waals surface area contributed by atoms with Crippen molar-refractivity contribution < 1.29 is 14.3 Å². The Balaban J connectivity index is 3.08. The Morgan fingerprint density at radius 2 is 2.00 bits per heavy atom. The number of aryl methyl sites for hydroxylation is 1. The molecule has 1 atom stereocenters. The lowest BCUT2D eigenvalue weighted by molar-refractivity contribution is 0.0523. The fraction of sp³-hybridized carbons (Fsp3) is 0.583. The molecule has 0 saturated carbocycles. The SMILES string of the molecule is CCOC(=O)c1c(C)nc(C(C)OCC)nc1N. The van der Waals surface area contributed by atoms with Gasteiger partial charge in [-0.3, -0.25) is 0 Å². The number of nitrogens with two attached hydrogens (primary N) is 1. The van der Waals surface area contributed by atoms with Gasteiger partial charge in [0.25, 0.3) is 0 Å². The number of carbonyl (C=O) groups is 1. The highest BCUT2D eigenvalue weighted by Gasteiger charge is 2.20. The lowest BCUT2D eigenvalue weighted by atomic mass is 10.2. The molecule has 0 aromatic carbocycles. The third-order valence-electron chi connectivity index (χ3n) is 2.40. The first-order chi connectivity index (χ1) is 8.51. The first-order valence-corrected chi connectivity index (χ1v) is 5.93. The van der Waals surface area contributed by atoms with Crippen LogP contribution < -0.4 is 5.73 Å². The van der Waals surface area contributed by atoms with Crippen LogP contribution in [0.15, 0.2) is 0 Å². The molecule has 1 aromatic heterocycles. The molecule has 6 nitrogen and oxygen atoms in total. The molecule has 100 valence electrons. The fourth-order valence-electron chi connectivity index (χ4n) is 1.58. The number of nitrogen functional groups attached to an aromatic ring is 1.